The van der Waals surface area contributed by atoms with E-state index in [9.17, 15) is 5.11 Å². The average molecular weight is 245 g/mol. The molecule has 0 amide bonds. The van der Waals surface area contributed by atoms with Crippen LogP contribution in [0.4, 0.5) is 0 Å². The summed E-state index contributed by atoms with van der Waals surface area (Å²) in [4.78, 5) is 2.44. The molecule has 1 aliphatic heterocycles. The molecule has 1 aliphatic carbocycles. The Bertz CT molecular complexity index is 395. The molecule has 0 radical (unpaired) electrons. The monoisotopic (exact) mass is 245 g/mol. The van der Waals surface area contributed by atoms with Gasteiger partial charge in [-0.3, -0.25) is 0 Å². The van der Waals surface area contributed by atoms with Crippen molar-refractivity contribution in [1.82, 2.24) is 4.90 Å². The molecule has 18 heavy (non-hydrogen) atoms. The van der Waals surface area contributed by atoms with Gasteiger partial charge in [-0.15, -0.1) is 0 Å². The summed E-state index contributed by atoms with van der Waals surface area (Å²) in [6, 6.07) is 10.7. The van der Waals surface area contributed by atoms with E-state index in [2.05, 4.69) is 42.2 Å². The highest BCUT2D eigenvalue weighted by atomic mass is 16.3. The average Bonchev–Trinajstić information content (AvgIpc) is 3.22. The van der Waals surface area contributed by atoms with Gasteiger partial charge in [0.1, 0.15) is 0 Å². The number of piperidine rings is 1. The van der Waals surface area contributed by atoms with Gasteiger partial charge in [-0.1, -0.05) is 37.3 Å². The van der Waals surface area contributed by atoms with Crippen LogP contribution in [-0.2, 0) is 0 Å². The van der Waals surface area contributed by atoms with Crippen LogP contribution < -0.4 is 0 Å². The summed E-state index contributed by atoms with van der Waals surface area (Å²) < 4.78 is 0. The van der Waals surface area contributed by atoms with Gasteiger partial charge in [0.05, 0.1) is 5.60 Å². The Morgan fingerprint density at radius 2 is 1.89 bits per heavy atom. The predicted octanol–water partition coefficient (Wildman–Crippen LogP) is 2.64. The first-order valence-electron chi connectivity index (χ1n) is 7.22. The Hall–Kier alpha value is -0.860. The predicted molar refractivity (Wildman–Crippen MR) is 73.6 cm³/mol. The molecule has 2 fully saturated rings. The van der Waals surface area contributed by atoms with Gasteiger partial charge in [0.2, 0.25) is 0 Å². The third kappa shape index (κ3) is 2.19. The summed E-state index contributed by atoms with van der Waals surface area (Å²) in [5.41, 5.74) is 1.01. The second-order valence-corrected chi connectivity index (χ2v) is 5.90. The van der Waals surface area contributed by atoms with E-state index in [4.69, 9.17) is 0 Å². The van der Waals surface area contributed by atoms with Gasteiger partial charge in [0.25, 0.3) is 0 Å². The fraction of sp³-hybridized carbons (Fsp3) is 0.625. The molecule has 1 heterocycles. The lowest BCUT2D eigenvalue weighted by Crippen LogP contribution is -2.45. The molecule has 2 aliphatic rings. The SMILES string of the molecule is CCN1CCC(O)(C2CC2c2ccccc2)CC1. The number of hydrogen-bond donors (Lipinski definition) is 1. The van der Waals surface area contributed by atoms with Crippen molar-refractivity contribution in [1.29, 1.82) is 0 Å². The number of hydrogen-bond acceptors (Lipinski definition) is 2. The molecule has 1 N–H and O–H groups in total. The van der Waals surface area contributed by atoms with E-state index in [0.29, 0.717) is 11.8 Å². The minimum atomic E-state index is -0.397. The van der Waals surface area contributed by atoms with Crippen LogP contribution >= 0.6 is 0 Å². The van der Waals surface area contributed by atoms with Crippen molar-refractivity contribution < 1.29 is 5.11 Å². The fourth-order valence-electron chi connectivity index (χ4n) is 3.48. The lowest BCUT2D eigenvalue weighted by atomic mass is 9.85. The zero-order chi connectivity index (χ0) is 12.6. The molecular weight excluding hydrogens is 222 g/mol. The Balaban J connectivity index is 1.64. The largest absolute Gasteiger partial charge is 0.389 e. The summed E-state index contributed by atoms with van der Waals surface area (Å²) in [6.45, 7) is 5.44. The van der Waals surface area contributed by atoms with Crippen molar-refractivity contribution in [3.8, 4) is 0 Å². The van der Waals surface area contributed by atoms with E-state index in [1.54, 1.807) is 0 Å². The van der Waals surface area contributed by atoms with Crippen LogP contribution in [0, 0.1) is 5.92 Å². The number of likely N-dealkylation sites (tertiary alicyclic amines) is 1. The Kier molecular flexibility index (Phi) is 3.16. The van der Waals surface area contributed by atoms with Crippen molar-refractivity contribution in [2.45, 2.75) is 37.7 Å². The van der Waals surface area contributed by atoms with Crippen LogP contribution in [0.1, 0.15) is 37.7 Å². The van der Waals surface area contributed by atoms with Gasteiger partial charge in [0.15, 0.2) is 0 Å². The highest BCUT2D eigenvalue weighted by Gasteiger charge is 2.52. The van der Waals surface area contributed by atoms with Crippen LogP contribution in [0.15, 0.2) is 30.3 Å². The van der Waals surface area contributed by atoms with E-state index in [0.717, 1.165) is 32.5 Å². The molecule has 98 valence electrons. The summed E-state index contributed by atoms with van der Waals surface area (Å²) in [5.74, 6) is 1.10. The Morgan fingerprint density at radius 3 is 2.50 bits per heavy atom. The van der Waals surface area contributed by atoms with E-state index in [1.165, 1.54) is 12.0 Å². The van der Waals surface area contributed by atoms with Crippen LogP contribution in [-0.4, -0.2) is 35.2 Å². The van der Waals surface area contributed by atoms with Crippen molar-refractivity contribution in [3.05, 3.63) is 35.9 Å². The highest BCUT2D eigenvalue weighted by molar-refractivity contribution is 5.28. The van der Waals surface area contributed by atoms with Crippen molar-refractivity contribution in [3.63, 3.8) is 0 Å². The van der Waals surface area contributed by atoms with Gasteiger partial charge in [-0.05, 0) is 43.2 Å². The zero-order valence-electron chi connectivity index (χ0n) is 11.2. The number of benzene rings is 1. The van der Waals surface area contributed by atoms with Gasteiger partial charge in [-0.2, -0.15) is 0 Å². The molecular formula is C16H23NO. The minimum absolute atomic E-state index is 0.397. The number of nitrogens with zero attached hydrogens (tertiary/aromatic N) is 1. The Labute approximate surface area is 110 Å². The lowest BCUT2D eigenvalue weighted by Gasteiger charge is -2.38. The normalized spacial score (nSPS) is 31.2. The first kappa shape index (κ1) is 12.2. The van der Waals surface area contributed by atoms with Gasteiger partial charge >= 0.3 is 0 Å². The smallest absolute Gasteiger partial charge is 0.0706 e. The Morgan fingerprint density at radius 1 is 1.22 bits per heavy atom. The standard InChI is InChI=1S/C16H23NO/c1-2-17-10-8-16(18,9-11-17)15-12-14(15)13-6-4-3-5-7-13/h3-7,14-15,18H,2,8-12H2,1H3. The molecule has 1 saturated heterocycles. The van der Waals surface area contributed by atoms with E-state index in [-0.39, 0.29) is 0 Å². The van der Waals surface area contributed by atoms with Crippen LogP contribution in [0.5, 0.6) is 0 Å². The topological polar surface area (TPSA) is 23.5 Å². The maximum absolute atomic E-state index is 10.8. The first-order chi connectivity index (χ1) is 8.73. The molecule has 1 saturated carbocycles. The molecule has 3 rings (SSSR count). The van der Waals surface area contributed by atoms with Gasteiger partial charge < -0.3 is 10.0 Å². The summed E-state index contributed by atoms with van der Waals surface area (Å²) in [5, 5.41) is 10.8. The van der Waals surface area contributed by atoms with E-state index >= 15 is 0 Å². The molecule has 1 aromatic carbocycles. The quantitative estimate of drug-likeness (QED) is 0.885. The maximum Gasteiger partial charge on any atom is 0.0706 e. The van der Waals surface area contributed by atoms with Crippen molar-refractivity contribution >= 4 is 0 Å². The van der Waals surface area contributed by atoms with Crippen LogP contribution in [0.25, 0.3) is 0 Å². The molecule has 2 heteroatoms. The second-order valence-electron chi connectivity index (χ2n) is 5.90. The maximum atomic E-state index is 10.8. The summed E-state index contributed by atoms with van der Waals surface area (Å²) >= 11 is 0. The third-order valence-corrected chi connectivity index (χ3v) is 4.88. The molecule has 0 aromatic heterocycles. The van der Waals surface area contributed by atoms with E-state index in [1.807, 2.05) is 0 Å². The number of aliphatic hydroxyl groups is 1. The molecule has 2 unspecified atom stereocenters. The molecule has 2 nitrogen and oxygen atoms in total. The van der Waals surface area contributed by atoms with Crippen LogP contribution in [0.3, 0.4) is 0 Å². The first-order valence-corrected chi connectivity index (χ1v) is 7.22. The molecule has 0 spiro atoms. The summed E-state index contributed by atoms with van der Waals surface area (Å²) in [7, 11) is 0. The van der Waals surface area contributed by atoms with Gasteiger partial charge in [0, 0.05) is 13.1 Å². The molecule has 1 aromatic rings. The zero-order valence-corrected chi connectivity index (χ0v) is 11.2. The van der Waals surface area contributed by atoms with Crippen molar-refractivity contribution in [2.24, 2.45) is 5.92 Å². The third-order valence-electron chi connectivity index (χ3n) is 4.88. The lowest BCUT2D eigenvalue weighted by molar-refractivity contribution is -0.0394. The molecule has 2 atom stereocenters. The molecule has 0 bridgehead atoms. The van der Waals surface area contributed by atoms with E-state index < -0.39 is 5.60 Å². The second kappa shape index (κ2) is 4.67. The summed E-state index contributed by atoms with van der Waals surface area (Å²) in [6.07, 6.45) is 3.08. The minimum Gasteiger partial charge on any atom is -0.389 e. The van der Waals surface area contributed by atoms with Crippen LogP contribution in [0.2, 0.25) is 0 Å². The van der Waals surface area contributed by atoms with Crippen molar-refractivity contribution in [2.75, 3.05) is 19.6 Å². The number of rotatable bonds is 3. The van der Waals surface area contributed by atoms with Gasteiger partial charge in [-0.25, -0.2) is 0 Å². The fourth-order valence-corrected chi connectivity index (χ4v) is 3.48. The highest BCUT2D eigenvalue weighted by Crippen LogP contribution is 2.56.